The number of rotatable bonds is 5. The van der Waals surface area contributed by atoms with Crippen LogP contribution in [0.15, 0.2) is 46.9 Å². The molecule has 0 spiro atoms. The highest BCUT2D eigenvalue weighted by atomic mass is 79.9. The van der Waals surface area contributed by atoms with Crippen molar-refractivity contribution >= 4 is 21.8 Å². The molecule has 1 N–H and O–H groups in total. The Hall–Kier alpha value is -2.01. The van der Waals surface area contributed by atoms with Crippen LogP contribution in [-0.4, -0.2) is 20.1 Å². The van der Waals surface area contributed by atoms with Gasteiger partial charge in [-0.3, -0.25) is 4.79 Å². The highest BCUT2D eigenvalue weighted by Gasteiger charge is 2.11. The molecule has 0 saturated heterocycles. The molecule has 0 aliphatic carbocycles. The van der Waals surface area contributed by atoms with Crippen LogP contribution in [-0.2, 0) is 6.54 Å². The quantitative estimate of drug-likeness (QED) is 0.899. The van der Waals surface area contributed by atoms with Gasteiger partial charge in [-0.05, 0) is 24.3 Å². The SMILES string of the molecule is COc1cccc(CNC(=O)c2cccc(Br)c2)c1OC. The third-order valence-electron chi connectivity index (χ3n) is 3.01. The van der Waals surface area contributed by atoms with E-state index in [0.29, 0.717) is 23.6 Å². The normalized spacial score (nSPS) is 10.0. The first-order valence-corrected chi connectivity index (χ1v) is 7.18. The average molecular weight is 350 g/mol. The van der Waals surface area contributed by atoms with Gasteiger partial charge in [-0.15, -0.1) is 0 Å². The van der Waals surface area contributed by atoms with E-state index in [1.807, 2.05) is 30.3 Å². The van der Waals surface area contributed by atoms with Gasteiger partial charge in [0, 0.05) is 22.1 Å². The summed E-state index contributed by atoms with van der Waals surface area (Å²) >= 11 is 3.35. The third kappa shape index (κ3) is 3.76. The summed E-state index contributed by atoms with van der Waals surface area (Å²) in [4.78, 5) is 12.1. The highest BCUT2D eigenvalue weighted by Crippen LogP contribution is 2.30. The van der Waals surface area contributed by atoms with Gasteiger partial charge in [0.2, 0.25) is 0 Å². The van der Waals surface area contributed by atoms with E-state index in [0.717, 1.165) is 10.0 Å². The largest absolute Gasteiger partial charge is 0.493 e. The molecular formula is C16H16BrNO3. The van der Waals surface area contributed by atoms with Crippen LogP contribution in [0.3, 0.4) is 0 Å². The topological polar surface area (TPSA) is 47.6 Å². The summed E-state index contributed by atoms with van der Waals surface area (Å²) in [6.45, 7) is 0.367. The van der Waals surface area contributed by atoms with Gasteiger partial charge in [0.25, 0.3) is 5.91 Å². The van der Waals surface area contributed by atoms with Crippen molar-refractivity contribution in [1.82, 2.24) is 5.32 Å². The Kier molecular flexibility index (Phi) is 5.22. The number of methoxy groups -OCH3 is 2. The molecule has 0 radical (unpaired) electrons. The Labute approximate surface area is 132 Å². The summed E-state index contributed by atoms with van der Waals surface area (Å²) in [7, 11) is 3.17. The van der Waals surface area contributed by atoms with E-state index in [1.165, 1.54) is 0 Å². The Morgan fingerprint density at radius 2 is 1.90 bits per heavy atom. The number of carbonyl (C=O) groups excluding carboxylic acids is 1. The third-order valence-corrected chi connectivity index (χ3v) is 3.50. The number of nitrogens with one attached hydrogen (secondary N) is 1. The minimum atomic E-state index is -0.138. The molecule has 110 valence electrons. The number of carbonyl (C=O) groups is 1. The fraction of sp³-hybridized carbons (Fsp3) is 0.188. The van der Waals surface area contributed by atoms with Gasteiger partial charge in [-0.1, -0.05) is 34.1 Å². The minimum Gasteiger partial charge on any atom is -0.493 e. The van der Waals surface area contributed by atoms with Crippen molar-refractivity contribution in [2.75, 3.05) is 14.2 Å². The van der Waals surface area contributed by atoms with Crippen molar-refractivity contribution < 1.29 is 14.3 Å². The summed E-state index contributed by atoms with van der Waals surface area (Å²) in [5, 5.41) is 2.87. The van der Waals surface area contributed by atoms with Crippen LogP contribution in [0.25, 0.3) is 0 Å². The monoisotopic (exact) mass is 349 g/mol. The molecule has 0 aliphatic heterocycles. The molecule has 0 unspecified atom stereocenters. The lowest BCUT2D eigenvalue weighted by atomic mass is 10.1. The molecule has 0 heterocycles. The van der Waals surface area contributed by atoms with E-state index in [2.05, 4.69) is 21.2 Å². The van der Waals surface area contributed by atoms with E-state index < -0.39 is 0 Å². The fourth-order valence-corrected chi connectivity index (χ4v) is 2.40. The first-order chi connectivity index (χ1) is 10.2. The molecular weight excluding hydrogens is 334 g/mol. The predicted octanol–water partition coefficient (Wildman–Crippen LogP) is 3.40. The summed E-state index contributed by atoms with van der Waals surface area (Å²) < 4.78 is 11.5. The highest BCUT2D eigenvalue weighted by molar-refractivity contribution is 9.10. The Balaban J connectivity index is 2.11. The fourth-order valence-electron chi connectivity index (χ4n) is 2.00. The van der Waals surface area contributed by atoms with Crippen LogP contribution in [0.2, 0.25) is 0 Å². The first kappa shape index (κ1) is 15.4. The van der Waals surface area contributed by atoms with Crippen molar-refractivity contribution in [1.29, 1.82) is 0 Å². The van der Waals surface area contributed by atoms with E-state index in [-0.39, 0.29) is 5.91 Å². The summed E-state index contributed by atoms with van der Waals surface area (Å²) in [6.07, 6.45) is 0. The van der Waals surface area contributed by atoms with Crippen molar-refractivity contribution in [3.8, 4) is 11.5 Å². The number of hydrogen-bond acceptors (Lipinski definition) is 3. The maximum atomic E-state index is 12.1. The molecule has 0 aliphatic rings. The molecule has 2 aromatic carbocycles. The lowest BCUT2D eigenvalue weighted by Crippen LogP contribution is -2.23. The van der Waals surface area contributed by atoms with Gasteiger partial charge in [0.1, 0.15) is 0 Å². The van der Waals surface area contributed by atoms with Crippen LogP contribution < -0.4 is 14.8 Å². The smallest absolute Gasteiger partial charge is 0.251 e. The van der Waals surface area contributed by atoms with Crippen molar-refractivity contribution in [2.24, 2.45) is 0 Å². The number of para-hydroxylation sites is 1. The number of halogens is 1. The molecule has 1 amide bonds. The Morgan fingerprint density at radius 3 is 2.57 bits per heavy atom. The zero-order valence-corrected chi connectivity index (χ0v) is 13.4. The molecule has 5 heteroatoms. The zero-order valence-electron chi connectivity index (χ0n) is 11.9. The van der Waals surface area contributed by atoms with Crippen LogP contribution in [0.1, 0.15) is 15.9 Å². The summed E-state index contributed by atoms with van der Waals surface area (Å²) in [5.41, 5.74) is 1.46. The summed E-state index contributed by atoms with van der Waals surface area (Å²) in [5.74, 6) is 1.14. The van der Waals surface area contributed by atoms with Crippen LogP contribution in [0.4, 0.5) is 0 Å². The second kappa shape index (κ2) is 7.13. The molecule has 4 nitrogen and oxygen atoms in total. The van der Waals surface area contributed by atoms with Crippen LogP contribution >= 0.6 is 15.9 Å². The van der Waals surface area contributed by atoms with Gasteiger partial charge in [-0.2, -0.15) is 0 Å². The van der Waals surface area contributed by atoms with Crippen molar-refractivity contribution in [2.45, 2.75) is 6.54 Å². The second-order valence-electron chi connectivity index (χ2n) is 4.35. The van der Waals surface area contributed by atoms with Crippen LogP contribution in [0.5, 0.6) is 11.5 Å². The molecule has 0 saturated carbocycles. The van der Waals surface area contributed by atoms with E-state index in [4.69, 9.17) is 9.47 Å². The van der Waals surface area contributed by atoms with Crippen LogP contribution in [0, 0.1) is 0 Å². The van der Waals surface area contributed by atoms with Crippen molar-refractivity contribution in [3.63, 3.8) is 0 Å². The van der Waals surface area contributed by atoms with Gasteiger partial charge in [0.05, 0.1) is 14.2 Å². The number of amides is 1. The number of benzene rings is 2. The number of ether oxygens (including phenoxy) is 2. The van der Waals surface area contributed by atoms with Gasteiger partial charge in [0.15, 0.2) is 11.5 Å². The molecule has 2 rings (SSSR count). The second-order valence-corrected chi connectivity index (χ2v) is 5.26. The molecule has 2 aromatic rings. The molecule has 0 bridgehead atoms. The molecule has 0 fully saturated rings. The Morgan fingerprint density at radius 1 is 1.14 bits per heavy atom. The number of hydrogen-bond donors (Lipinski definition) is 1. The van der Waals surface area contributed by atoms with Gasteiger partial charge < -0.3 is 14.8 Å². The van der Waals surface area contributed by atoms with E-state index in [9.17, 15) is 4.79 Å². The van der Waals surface area contributed by atoms with E-state index in [1.54, 1.807) is 26.4 Å². The molecule has 21 heavy (non-hydrogen) atoms. The van der Waals surface area contributed by atoms with Crippen molar-refractivity contribution in [3.05, 3.63) is 58.1 Å². The molecule has 0 aromatic heterocycles. The van der Waals surface area contributed by atoms with Gasteiger partial charge >= 0.3 is 0 Å². The lowest BCUT2D eigenvalue weighted by molar-refractivity contribution is 0.0950. The Bertz CT molecular complexity index is 643. The minimum absolute atomic E-state index is 0.138. The first-order valence-electron chi connectivity index (χ1n) is 6.39. The van der Waals surface area contributed by atoms with Gasteiger partial charge in [-0.25, -0.2) is 0 Å². The average Bonchev–Trinajstić information content (AvgIpc) is 2.51. The maximum Gasteiger partial charge on any atom is 0.251 e. The van der Waals surface area contributed by atoms with E-state index >= 15 is 0 Å². The maximum absolute atomic E-state index is 12.1. The predicted molar refractivity (Wildman–Crippen MR) is 84.9 cm³/mol. The summed E-state index contributed by atoms with van der Waals surface area (Å²) in [6, 6.07) is 12.8. The standard InChI is InChI=1S/C16H16BrNO3/c1-20-14-8-4-6-12(15(14)21-2)10-18-16(19)11-5-3-7-13(17)9-11/h3-9H,10H2,1-2H3,(H,18,19). The lowest BCUT2D eigenvalue weighted by Gasteiger charge is -2.13. The molecule has 0 atom stereocenters. The zero-order chi connectivity index (χ0) is 15.2.